The second kappa shape index (κ2) is 7.78. The third-order valence-electron chi connectivity index (χ3n) is 4.91. The monoisotopic (exact) mass is 375 g/mol. The van der Waals surface area contributed by atoms with Gasteiger partial charge in [0.15, 0.2) is 0 Å². The SMILES string of the molecule is CC(NC(c1cccc(F)c1)c1nccn1C)c1ccc(-n2ccnc2)cc1. The molecule has 5 nitrogen and oxygen atoms in total. The van der Waals surface area contributed by atoms with Gasteiger partial charge in [0.1, 0.15) is 11.6 Å². The maximum Gasteiger partial charge on any atom is 0.130 e. The van der Waals surface area contributed by atoms with Crippen LogP contribution in [0.3, 0.4) is 0 Å². The molecule has 28 heavy (non-hydrogen) atoms. The third-order valence-corrected chi connectivity index (χ3v) is 4.91. The van der Waals surface area contributed by atoms with Gasteiger partial charge in [0, 0.05) is 43.6 Å². The normalized spacial score (nSPS) is 13.4. The number of hydrogen-bond donors (Lipinski definition) is 1. The summed E-state index contributed by atoms with van der Waals surface area (Å²) in [4.78, 5) is 8.57. The van der Waals surface area contributed by atoms with Crippen LogP contribution in [-0.2, 0) is 7.05 Å². The quantitative estimate of drug-likeness (QED) is 0.550. The Balaban J connectivity index is 1.60. The Bertz CT molecular complexity index is 1040. The van der Waals surface area contributed by atoms with E-state index in [0.29, 0.717) is 0 Å². The molecule has 2 unspecified atom stereocenters. The molecule has 4 rings (SSSR count). The van der Waals surface area contributed by atoms with E-state index >= 15 is 0 Å². The van der Waals surface area contributed by atoms with Gasteiger partial charge >= 0.3 is 0 Å². The van der Waals surface area contributed by atoms with E-state index in [1.54, 1.807) is 30.9 Å². The van der Waals surface area contributed by atoms with Crippen molar-refractivity contribution < 1.29 is 4.39 Å². The molecule has 0 aliphatic carbocycles. The molecule has 2 atom stereocenters. The number of rotatable bonds is 6. The first kappa shape index (κ1) is 18.1. The van der Waals surface area contributed by atoms with Gasteiger partial charge in [-0.1, -0.05) is 24.3 Å². The Labute approximate surface area is 163 Å². The van der Waals surface area contributed by atoms with Gasteiger partial charge in [-0.05, 0) is 42.3 Å². The molecule has 0 aliphatic heterocycles. The van der Waals surface area contributed by atoms with Crippen molar-refractivity contribution in [2.24, 2.45) is 7.05 Å². The van der Waals surface area contributed by atoms with E-state index < -0.39 is 0 Å². The predicted molar refractivity (Wildman–Crippen MR) is 107 cm³/mol. The van der Waals surface area contributed by atoms with Crippen LogP contribution >= 0.6 is 0 Å². The summed E-state index contributed by atoms with van der Waals surface area (Å²) in [6.07, 6.45) is 9.10. The molecule has 0 bridgehead atoms. The lowest BCUT2D eigenvalue weighted by Crippen LogP contribution is -2.28. The Morgan fingerprint density at radius 1 is 1.00 bits per heavy atom. The zero-order valence-corrected chi connectivity index (χ0v) is 15.8. The summed E-state index contributed by atoms with van der Waals surface area (Å²) in [5.74, 6) is 0.586. The van der Waals surface area contributed by atoms with Crippen LogP contribution in [0.5, 0.6) is 0 Å². The zero-order valence-electron chi connectivity index (χ0n) is 15.8. The van der Waals surface area contributed by atoms with E-state index in [1.165, 1.54) is 6.07 Å². The second-order valence-electron chi connectivity index (χ2n) is 6.83. The van der Waals surface area contributed by atoms with Gasteiger partial charge in [-0.3, -0.25) is 5.32 Å². The first-order valence-electron chi connectivity index (χ1n) is 9.19. The van der Waals surface area contributed by atoms with E-state index in [1.807, 2.05) is 34.6 Å². The van der Waals surface area contributed by atoms with Crippen LogP contribution in [-0.4, -0.2) is 19.1 Å². The summed E-state index contributed by atoms with van der Waals surface area (Å²) in [5, 5.41) is 3.61. The fourth-order valence-corrected chi connectivity index (χ4v) is 3.35. The van der Waals surface area contributed by atoms with Crippen LogP contribution in [0.1, 0.15) is 36.0 Å². The molecule has 6 heteroatoms. The summed E-state index contributed by atoms with van der Waals surface area (Å²) in [6.45, 7) is 2.10. The molecule has 142 valence electrons. The molecule has 2 aromatic carbocycles. The highest BCUT2D eigenvalue weighted by Gasteiger charge is 2.21. The van der Waals surface area contributed by atoms with Crippen molar-refractivity contribution in [3.8, 4) is 5.69 Å². The Kier molecular flexibility index (Phi) is 5.04. The van der Waals surface area contributed by atoms with Crippen LogP contribution in [0.4, 0.5) is 4.39 Å². The summed E-state index contributed by atoms with van der Waals surface area (Å²) in [5.41, 5.74) is 3.04. The molecule has 0 amide bonds. The molecule has 0 radical (unpaired) electrons. The minimum Gasteiger partial charge on any atom is -0.336 e. The van der Waals surface area contributed by atoms with Gasteiger partial charge in [-0.15, -0.1) is 0 Å². The maximum atomic E-state index is 13.8. The largest absolute Gasteiger partial charge is 0.336 e. The molecule has 0 saturated heterocycles. The molecular weight excluding hydrogens is 353 g/mol. The van der Waals surface area contributed by atoms with E-state index in [9.17, 15) is 4.39 Å². The van der Waals surface area contributed by atoms with Crippen molar-refractivity contribution in [1.29, 1.82) is 0 Å². The molecule has 0 spiro atoms. The van der Waals surface area contributed by atoms with Crippen molar-refractivity contribution in [2.45, 2.75) is 19.0 Å². The van der Waals surface area contributed by atoms with Crippen molar-refractivity contribution in [3.05, 3.63) is 102 Å². The smallest absolute Gasteiger partial charge is 0.130 e. The first-order chi connectivity index (χ1) is 13.6. The summed E-state index contributed by atoms with van der Waals surface area (Å²) >= 11 is 0. The maximum absolute atomic E-state index is 13.8. The van der Waals surface area contributed by atoms with Gasteiger partial charge in [0.25, 0.3) is 0 Å². The molecular formula is C22H22FN5. The Hall–Kier alpha value is -3.25. The molecule has 0 fully saturated rings. The lowest BCUT2D eigenvalue weighted by molar-refractivity contribution is 0.486. The fourth-order valence-electron chi connectivity index (χ4n) is 3.35. The molecule has 2 aromatic heterocycles. The molecule has 0 saturated carbocycles. The average molecular weight is 375 g/mol. The standard InChI is InChI=1S/C22H22FN5/c1-16(17-6-8-20(9-7-17)28-13-10-24-15-28)26-21(22-25-11-12-27(22)2)18-4-3-5-19(23)14-18/h3-16,21,26H,1-2H3. The second-order valence-corrected chi connectivity index (χ2v) is 6.83. The van der Waals surface area contributed by atoms with Crippen LogP contribution in [0.15, 0.2) is 79.6 Å². The lowest BCUT2D eigenvalue weighted by atomic mass is 10.0. The summed E-state index contributed by atoms with van der Waals surface area (Å²) in [6, 6.07) is 14.8. The zero-order chi connectivity index (χ0) is 19.5. The predicted octanol–water partition coefficient (Wildman–Crippen LogP) is 4.19. The van der Waals surface area contributed by atoms with E-state index in [-0.39, 0.29) is 17.9 Å². The summed E-state index contributed by atoms with van der Waals surface area (Å²) < 4.78 is 17.8. The highest BCUT2D eigenvalue weighted by Crippen LogP contribution is 2.26. The highest BCUT2D eigenvalue weighted by atomic mass is 19.1. The number of imidazole rings is 2. The minimum atomic E-state index is -0.254. The number of nitrogens with zero attached hydrogens (tertiary/aromatic N) is 4. The fraction of sp³-hybridized carbons (Fsp3) is 0.182. The number of nitrogens with one attached hydrogen (secondary N) is 1. The van der Waals surface area contributed by atoms with E-state index in [2.05, 4.69) is 46.5 Å². The van der Waals surface area contributed by atoms with E-state index in [0.717, 1.165) is 22.6 Å². The van der Waals surface area contributed by atoms with Gasteiger partial charge < -0.3 is 9.13 Å². The van der Waals surface area contributed by atoms with Crippen LogP contribution in [0.25, 0.3) is 5.69 Å². The lowest BCUT2D eigenvalue weighted by Gasteiger charge is -2.24. The van der Waals surface area contributed by atoms with Gasteiger partial charge in [-0.25, -0.2) is 14.4 Å². The van der Waals surface area contributed by atoms with Gasteiger partial charge in [0.05, 0.1) is 12.4 Å². The molecule has 1 N–H and O–H groups in total. The van der Waals surface area contributed by atoms with Crippen molar-refractivity contribution in [2.75, 3.05) is 0 Å². The number of aromatic nitrogens is 4. The average Bonchev–Trinajstić information content (AvgIpc) is 3.38. The molecule has 4 aromatic rings. The van der Waals surface area contributed by atoms with Gasteiger partial charge in [-0.2, -0.15) is 0 Å². The van der Waals surface area contributed by atoms with Crippen LogP contribution in [0.2, 0.25) is 0 Å². The minimum absolute atomic E-state index is 0.0433. The number of hydrogen-bond acceptors (Lipinski definition) is 3. The molecule has 2 heterocycles. The molecule has 0 aliphatic rings. The number of benzene rings is 2. The Morgan fingerprint density at radius 3 is 2.46 bits per heavy atom. The number of halogens is 1. The Morgan fingerprint density at radius 2 is 1.82 bits per heavy atom. The topological polar surface area (TPSA) is 47.7 Å². The first-order valence-corrected chi connectivity index (χ1v) is 9.19. The van der Waals surface area contributed by atoms with Crippen molar-refractivity contribution >= 4 is 0 Å². The van der Waals surface area contributed by atoms with Crippen molar-refractivity contribution in [3.63, 3.8) is 0 Å². The van der Waals surface area contributed by atoms with Crippen molar-refractivity contribution in [1.82, 2.24) is 24.4 Å². The van der Waals surface area contributed by atoms with Gasteiger partial charge in [0.2, 0.25) is 0 Å². The van der Waals surface area contributed by atoms with Crippen LogP contribution < -0.4 is 5.32 Å². The van der Waals surface area contributed by atoms with E-state index in [4.69, 9.17) is 0 Å². The third kappa shape index (κ3) is 3.73. The van der Waals surface area contributed by atoms with Crippen LogP contribution in [0, 0.1) is 5.82 Å². The summed E-state index contributed by atoms with van der Waals surface area (Å²) in [7, 11) is 1.95. The highest BCUT2D eigenvalue weighted by molar-refractivity contribution is 5.36. The number of aryl methyl sites for hydroxylation is 1.